The minimum Gasteiger partial charge on any atom is -0.373 e. The monoisotopic (exact) mass is 287 g/mol. The Morgan fingerprint density at radius 1 is 1.25 bits per heavy atom. The van der Waals surface area contributed by atoms with E-state index < -0.39 is 11.7 Å². The third kappa shape index (κ3) is 3.73. The molecule has 1 saturated heterocycles. The molecule has 0 amide bonds. The maximum Gasteiger partial charge on any atom is 0.416 e. The largest absolute Gasteiger partial charge is 0.416 e. The highest BCUT2D eigenvalue weighted by Crippen LogP contribution is 2.36. The van der Waals surface area contributed by atoms with E-state index in [-0.39, 0.29) is 6.10 Å². The summed E-state index contributed by atoms with van der Waals surface area (Å²) in [5.74, 6) is 0.314. The van der Waals surface area contributed by atoms with Gasteiger partial charge in [0.1, 0.15) is 0 Å². The average Bonchev–Trinajstić information content (AvgIpc) is 2.83. The van der Waals surface area contributed by atoms with Gasteiger partial charge in [0.2, 0.25) is 0 Å². The van der Waals surface area contributed by atoms with Gasteiger partial charge in [-0.15, -0.1) is 0 Å². The van der Waals surface area contributed by atoms with Gasteiger partial charge in [-0.3, -0.25) is 0 Å². The zero-order valence-electron chi connectivity index (χ0n) is 11.7. The molecule has 2 rings (SSSR count). The highest BCUT2D eigenvalue weighted by atomic mass is 19.4. The summed E-state index contributed by atoms with van der Waals surface area (Å²) in [5.41, 5.74) is 0.210. The van der Waals surface area contributed by atoms with Crippen molar-refractivity contribution in [2.24, 2.45) is 5.92 Å². The smallest absolute Gasteiger partial charge is 0.373 e. The van der Waals surface area contributed by atoms with Crippen LogP contribution in [0, 0.1) is 5.92 Å². The average molecular weight is 287 g/mol. The number of rotatable bonds is 4. The lowest BCUT2D eigenvalue weighted by molar-refractivity contribution is -0.137. The van der Waals surface area contributed by atoms with Gasteiger partial charge in [0.15, 0.2) is 0 Å². The van der Waals surface area contributed by atoms with E-state index in [4.69, 9.17) is 4.74 Å². The normalized spacial score (nSPS) is 23.5. The summed E-state index contributed by atoms with van der Waals surface area (Å²) in [6, 6.07) is 5.71. The summed E-state index contributed by atoms with van der Waals surface area (Å²) in [7, 11) is 0. The molecular formula is C15H20F3NO. The van der Waals surface area contributed by atoms with E-state index in [0.717, 1.165) is 30.7 Å². The lowest BCUT2D eigenvalue weighted by atomic mass is 9.94. The van der Waals surface area contributed by atoms with Crippen LogP contribution in [0.5, 0.6) is 0 Å². The van der Waals surface area contributed by atoms with Crippen LogP contribution in [0.2, 0.25) is 0 Å². The van der Waals surface area contributed by atoms with E-state index in [1.807, 2.05) is 0 Å². The molecule has 2 atom stereocenters. The third-order valence-corrected chi connectivity index (χ3v) is 3.57. The van der Waals surface area contributed by atoms with Crippen molar-refractivity contribution in [2.45, 2.75) is 38.6 Å². The Hall–Kier alpha value is -1.07. The number of hydrogen-bond donors (Lipinski definition) is 1. The summed E-state index contributed by atoms with van der Waals surface area (Å²) >= 11 is 0. The Bertz CT molecular complexity index is 428. The lowest BCUT2D eigenvalue weighted by Gasteiger charge is -2.21. The second-order valence-electron chi connectivity index (χ2n) is 5.52. The summed E-state index contributed by atoms with van der Waals surface area (Å²) < 4.78 is 43.3. The Labute approximate surface area is 117 Å². The van der Waals surface area contributed by atoms with Crippen molar-refractivity contribution in [3.63, 3.8) is 0 Å². The van der Waals surface area contributed by atoms with Crippen molar-refractivity contribution in [2.75, 3.05) is 13.2 Å². The van der Waals surface area contributed by atoms with Crippen LogP contribution in [0.1, 0.15) is 37.5 Å². The molecule has 0 radical (unpaired) electrons. The van der Waals surface area contributed by atoms with Gasteiger partial charge in [-0.2, -0.15) is 13.2 Å². The van der Waals surface area contributed by atoms with Crippen LogP contribution in [0.4, 0.5) is 13.2 Å². The first-order chi connectivity index (χ1) is 9.38. The molecule has 0 bridgehead atoms. The van der Waals surface area contributed by atoms with Crippen molar-refractivity contribution in [3.05, 3.63) is 35.4 Å². The molecule has 112 valence electrons. The fourth-order valence-electron chi connectivity index (χ4n) is 2.46. The lowest BCUT2D eigenvalue weighted by Crippen LogP contribution is -2.30. The van der Waals surface area contributed by atoms with E-state index in [1.165, 1.54) is 12.1 Å². The Kier molecular flexibility index (Phi) is 4.70. The molecule has 2 unspecified atom stereocenters. The maximum atomic E-state index is 12.5. The number of benzene rings is 1. The minimum atomic E-state index is -4.28. The van der Waals surface area contributed by atoms with Crippen molar-refractivity contribution >= 4 is 0 Å². The predicted molar refractivity (Wildman–Crippen MR) is 71.4 cm³/mol. The van der Waals surface area contributed by atoms with Crippen LogP contribution >= 0.6 is 0 Å². The number of nitrogens with one attached hydrogen (secondary N) is 1. The molecule has 1 fully saturated rings. The molecule has 1 N–H and O–H groups in total. The highest BCUT2D eigenvalue weighted by molar-refractivity contribution is 5.27. The molecule has 5 heteroatoms. The van der Waals surface area contributed by atoms with E-state index >= 15 is 0 Å². The molecule has 1 aliphatic heterocycles. The minimum absolute atomic E-state index is 0.108. The van der Waals surface area contributed by atoms with Crippen LogP contribution in [0.25, 0.3) is 0 Å². The van der Waals surface area contributed by atoms with E-state index in [1.54, 1.807) is 0 Å². The quantitative estimate of drug-likeness (QED) is 0.910. The van der Waals surface area contributed by atoms with E-state index in [9.17, 15) is 13.2 Å². The molecule has 2 nitrogen and oxygen atoms in total. The Morgan fingerprint density at radius 3 is 2.45 bits per heavy atom. The van der Waals surface area contributed by atoms with Crippen molar-refractivity contribution in [3.8, 4) is 0 Å². The molecule has 0 spiro atoms. The summed E-state index contributed by atoms with van der Waals surface area (Å²) in [6.07, 6.45) is -3.46. The van der Waals surface area contributed by atoms with Gasteiger partial charge >= 0.3 is 6.18 Å². The van der Waals surface area contributed by atoms with Crippen LogP contribution in [-0.4, -0.2) is 19.2 Å². The third-order valence-electron chi connectivity index (χ3n) is 3.57. The molecular weight excluding hydrogens is 267 g/mol. The standard InChI is InChI=1S/C15H20F3NO/c1-10(2)19-9-12-7-8-20-14(12)11-3-5-13(6-4-11)15(16,17)18/h3-6,10,12,14,19H,7-9H2,1-2H3. The fraction of sp³-hybridized carbons (Fsp3) is 0.600. The first-order valence-corrected chi connectivity index (χ1v) is 6.90. The molecule has 1 aromatic carbocycles. The highest BCUT2D eigenvalue weighted by Gasteiger charge is 2.32. The Balaban J connectivity index is 2.06. The van der Waals surface area contributed by atoms with Gasteiger partial charge in [0.25, 0.3) is 0 Å². The van der Waals surface area contributed by atoms with Gasteiger partial charge in [-0.1, -0.05) is 26.0 Å². The van der Waals surface area contributed by atoms with Gasteiger partial charge < -0.3 is 10.1 Å². The molecule has 1 aliphatic rings. The van der Waals surface area contributed by atoms with Gasteiger partial charge in [0, 0.05) is 25.1 Å². The second-order valence-corrected chi connectivity index (χ2v) is 5.52. The zero-order chi connectivity index (χ0) is 14.8. The van der Waals surface area contributed by atoms with Crippen molar-refractivity contribution < 1.29 is 17.9 Å². The van der Waals surface area contributed by atoms with Crippen LogP contribution in [-0.2, 0) is 10.9 Å². The van der Waals surface area contributed by atoms with Crippen molar-refractivity contribution in [1.29, 1.82) is 0 Å². The molecule has 20 heavy (non-hydrogen) atoms. The molecule has 0 aliphatic carbocycles. The number of halogens is 3. The maximum absolute atomic E-state index is 12.5. The van der Waals surface area contributed by atoms with Gasteiger partial charge in [-0.25, -0.2) is 0 Å². The van der Waals surface area contributed by atoms with Gasteiger partial charge in [0.05, 0.1) is 11.7 Å². The number of ether oxygens (including phenoxy) is 1. The summed E-state index contributed by atoms with van der Waals surface area (Å²) in [4.78, 5) is 0. The molecule has 1 heterocycles. The molecule has 1 aromatic rings. The summed E-state index contributed by atoms with van der Waals surface area (Å²) in [6.45, 7) is 5.63. The SMILES string of the molecule is CC(C)NCC1CCOC1c1ccc(C(F)(F)F)cc1. The van der Waals surface area contributed by atoms with E-state index in [2.05, 4.69) is 19.2 Å². The van der Waals surface area contributed by atoms with Crippen molar-refractivity contribution in [1.82, 2.24) is 5.32 Å². The van der Waals surface area contributed by atoms with Crippen LogP contribution in [0.15, 0.2) is 24.3 Å². The molecule has 0 aromatic heterocycles. The first-order valence-electron chi connectivity index (χ1n) is 6.90. The second kappa shape index (κ2) is 6.14. The first kappa shape index (κ1) is 15.3. The molecule has 0 saturated carbocycles. The Morgan fingerprint density at radius 2 is 1.90 bits per heavy atom. The topological polar surface area (TPSA) is 21.3 Å². The number of hydrogen-bond acceptors (Lipinski definition) is 2. The van der Waals surface area contributed by atoms with Gasteiger partial charge in [-0.05, 0) is 24.1 Å². The zero-order valence-corrected chi connectivity index (χ0v) is 11.7. The fourth-order valence-corrected chi connectivity index (χ4v) is 2.46. The summed E-state index contributed by atoms with van der Waals surface area (Å²) in [5, 5.41) is 3.36. The number of alkyl halides is 3. The predicted octanol–water partition coefficient (Wildman–Crippen LogP) is 3.78. The van der Waals surface area contributed by atoms with E-state index in [0.29, 0.717) is 18.6 Å². The van der Waals surface area contributed by atoms with Crippen LogP contribution < -0.4 is 5.32 Å². The van der Waals surface area contributed by atoms with Crippen LogP contribution in [0.3, 0.4) is 0 Å².